The molecule has 1 N–H and O–H groups in total. The summed E-state index contributed by atoms with van der Waals surface area (Å²) in [5.41, 5.74) is -0.277. The maximum Gasteiger partial charge on any atom is 0.174 e. The van der Waals surface area contributed by atoms with Crippen LogP contribution in [0.5, 0.6) is 0 Å². The molecule has 0 radical (unpaired) electrons. The highest BCUT2D eigenvalue weighted by atomic mass is 16.7. The van der Waals surface area contributed by atoms with Gasteiger partial charge in [-0.25, -0.2) is 0 Å². The van der Waals surface area contributed by atoms with Crippen LogP contribution in [0.4, 0.5) is 0 Å². The van der Waals surface area contributed by atoms with Crippen LogP contribution in [0.15, 0.2) is 0 Å². The first-order valence-electron chi connectivity index (χ1n) is 14.0. The molecule has 5 aliphatic carbocycles. The van der Waals surface area contributed by atoms with Crippen molar-refractivity contribution in [2.75, 3.05) is 26.4 Å². The minimum absolute atomic E-state index is 0.0913. The lowest BCUT2D eigenvalue weighted by Crippen LogP contribution is -2.67. The highest BCUT2D eigenvalue weighted by Gasteiger charge is 2.80. The molecular formula is C28H44O5. The van der Waals surface area contributed by atoms with Crippen LogP contribution in [0.2, 0.25) is 0 Å². The van der Waals surface area contributed by atoms with Crippen LogP contribution in [0.1, 0.15) is 91.4 Å². The van der Waals surface area contributed by atoms with Crippen LogP contribution in [0.3, 0.4) is 0 Å². The minimum Gasteiger partial charge on any atom is -0.390 e. The number of hydrogen-bond donors (Lipinski definition) is 1. The van der Waals surface area contributed by atoms with E-state index in [2.05, 4.69) is 20.8 Å². The molecule has 5 heteroatoms. The van der Waals surface area contributed by atoms with Crippen LogP contribution in [0, 0.1) is 39.9 Å². The van der Waals surface area contributed by atoms with Crippen molar-refractivity contribution in [1.29, 1.82) is 0 Å². The van der Waals surface area contributed by atoms with Gasteiger partial charge in [0.05, 0.1) is 32.0 Å². The summed E-state index contributed by atoms with van der Waals surface area (Å²) in [6, 6.07) is 0. The van der Waals surface area contributed by atoms with Gasteiger partial charge in [0.2, 0.25) is 0 Å². The first-order chi connectivity index (χ1) is 15.8. The molecule has 0 aromatic rings. The van der Waals surface area contributed by atoms with Crippen molar-refractivity contribution in [3.05, 3.63) is 0 Å². The van der Waals surface area contributed by atoms with Crippen LogP contribution in [-0.4, -0.2) is 48.7 Å². The standard InChI is InChI=1S/C28H44O5/c1-4-5-7-26(29)17-24(3)21(6-8-28(24)32-13-14-33-28)20-15-19-16-25(19)18-27(30-11-12-31-27)10-9-23(25,2)22(20)26/h19-22,29H,4-18H2,1-3H3/t19-,20+,21+,22+,23-,24+,25-,26+/m1/s1. The molecule has 0 amide bonds. The summed E-state index contributed by atoms with van der Waals surface area (Å²) in [5.74, 6) is 1.48. The molecule has 0 aromatic heterocycles. The average Bonchev–Trinajstić information content (AvgIpc) is 3.14. The van der Waals surface area contributed by atoms with Gasteiger partial charge in [-0.1, -0.05) is 33.6 Å². The third-order valence-electron chi connectivity index (χ3n) is 12.4. The molecule has 7 fully saturated rings. The fourth-order valence-electron chi connectivity index (χ4n) is 11.2. The molecule has 5 saturated carbocycles. The first-order valence-corrected chi connectivity index (χ1v) is 14.0. The highest BCUT2D eigenvalue weighted by molar-refractivity contribution is 5.27. The molecule has 0 aromatic carbocycles. The van der Waals surface area contributed by atoms with Crippen molar-refractivity contribution in [3.8, 4) is 0 Å². The van der Waals surface area contributed by atoms with Crippen LogP contribution in [0.25, 0.3) is 0 Å². The van der Waals surface area contributed by atoms with Crippen LogP contribution < -0.4 is 0 Å². The fourth-order valence-corrected chi connectivity index (χ4v) is 11.2. The van der Waals surface area contributed by atoms with E-state index in [4.69, 9.17) is 18.9 Å². The molecule has 7 aliphatic rings. The first kappa shape index (κ1) is 22.0. The number of unbranched alkanes of at least 4 members (excludes halogenated alkanes) is 1. The maximum atomic E-state index is 12.8. The van der Waals surface area contributed by atoms with E-state index in [1.807, 2.05) is 0 Å². The summed E-state index contributed by atoms with van der Waals surface area (Å²) in [5, 5.41) is 12.8. The number of rotatable bonds is 3. The van der Waals surface area contributed by atoms with E-state index < -0.39 is 11.4 Å². The Balaban J connectivity index is 1.30. The summed E-state index contributed by atoms with van der Waals surface area (Å²) >= 11 is 0. The summed E-state index contributed by atoms with van der Waals surface area (Å²) in [4.78, 5) is 0. The lowest BCUT2D eigenvalue weighted by atomic mass is 9.40. The third-order valence-corrected chi connectivity index (χ3v) is 12.4. The van der Waals surface area contributed by atoms with E-state index in [0.717, 1.165) is 70.5 Å². The second-order valence-electron chi connectivity index (χ2n) is 13.5. The number of fused-ring (bicyclic) bond motifs is 5. The Hall–Kier alpha value is -0.200. The highest BCUT2D eigenvalue weighted by Crippen LogP contribution is 2.83. The Morgan fingerprint density at radius 1 is 0.879 bits per heavy atom. The van der Waals surface area contributed by atoms with Crippen molar-refractivity contribution in [2.24, 2.45) is 39.9 Å². The zero-order valence-electron chi connectivity index (χ0n) is 21.0. The predicted molar refractivity (Wildman–Crippen MR) is 123 cm³/mol. The topological polar surface area (TPSA) is 57.2 Å². The Bertz CT molecular complexity index is 817. The smallest absolute Gasteiger partial charge is 0.174 e. The van der Waals surface area contributed by atoms with E-state index in [1.54, 1.807) is 0 Å². The van der Waals surface area contributed by atoms with Gasteiger partial charge in [-0.2, -0.15) is 0 Å². The fraction of sp³-hybridized carbons (Fsp3) is 1.00. The number of aliphatic hydroxyl groups is 1. The normalized spacial score (nSPS) is 55.3. The predicted octanol–water partition coefficient (Wildman–Crippen LogP) is 5.05. The molecule has 2 heterocycles. The number of ether oxygens (including phenoxy) is 4. The Kier molecular flexibility index (Phi) is 4.51. The largest absolute Gasteiger partial charge is 0.390 e. The monoisotopic (exact) mass is 460 g/mol. The quantitative estimate of drug-likeness (QED) is 0.639. The van der Waals surface area contributed by atoms with Crippen molar-refractivity contribution < 1.29 is 24.1 Å². The lowest BCUT2D eigenvalue weighted by molar-refractivity contribution is -0.301. The van der Waals surface area contributed by atoms with E-state index in [-0.39, 0.29) is 16.6 Å². The van der Waals surface area contributed by atoms with Crippen molar-refractivity contribution in [2.45, 2.75) is 109 Å². The second kappa shape index (κ2) is 6.76. The van der Waals surface area contributed by atoms with Gasteiger partial charge in [-0.15, -0.1) is 0 Å². The molecule has 5 nitrogen and oxygen atoms in total. The summed E-state index contributed by atoms with van der Waals surface area (Å²) < 4.78 is 25.3. The lowest BCUT2D eigenvalue weighted by Gasteiger charge is -2.67. The molecule has 2 saturated heterocycles. The Morgan fingerprint density at radius 3 is 2.33 bits per heavy atom. The van der Waals surface area contributed by atoms with E-state index in [1.165, 1.54) is 19.3 Å². The van der Waals surface area contributed by atoms with E-state index in [9.17, 15) is 5.11 Å². The van der Waals surface area contributed by atoms with Crippen LogP contribution >= 0.6 is 0 Å². The molecule has 33 heavy (non-hydrogen) atoms. The van der Waals surface area contributed by atoms with Gasteiger partial charge >= 0.3 is 0 Å². The SMILES string of the molecule is CCCC[C@]1(O)C[C@@]2(C)[C@@H](CCC23OCCO3)[C@@H]2C[C@@H]3C[C@@]34CC3(CC[C@]4(C)[C@H]21)OCCO3. The van der Waals surface area contributed by atoms with Gasteiger partial charge in [-0.05, 0) is 73.0 Å². The molecule has 8 atom stereocenters. The molecule has 0 unspecified atom stereocenters. The van der Waals surface area contributed by atoms with Gasteiger partial charge in [0.1, 0.15) is 0 Å². The van der Waals surface area contributed by atoms with Crippen molar-refractivity contribution in [3.63, 3.8) is 0 Å². The molecule has 2 aliphatic heterocycles. The molecular weight excluding hydrogens is 416 g/mol. The van der Waals surface area contributed by atoms with Crippen molar-refractivity contribution in [1.82, 2.24) is 0 Å². The zero-order valence-corrected chi connectivity index (χ0v) is 21.0. The van der Waals surface area contributed by atoms with E-state index in [0.29, 0.717) is 36.4 Å². The molecule has 7 rings (SSSR count). The number of hydrogen-bond acceptors (Lipinski definition) is 5. The Labute approximate surface area is 199 Å². The molecule has 0 bridgehead atoms. The Morgan fingerprint density at radius 2 is 1.61 bits per heavy atom. The second-order valence-corrected chi connectivity index (χ2v) is 13.5. The average molecular weight is 461 g/mol. The van der Waals surface area contributed by atoms with Gasteiger partial charge in [0.15, 0.2) is 11.6 Å². The van der Waals surface area contributed by atoms with Gasteiger partial charge in [0.25, 0.3) is 0 Å². The van der Waals surface area contributed by atoms with Crippen LogP contribution in [-0.2, 0) is 18.9 Å². The van der Waals surface area contributed by atoms with E-state index >= 15 is 0 Å². The zero-order chi connectivity index (χ0) is 22.7. The maximum absolute atomic E-state index is 12.8. The van der Waals surface area contributed by atoms with Gasteiger partial charge in [-0.3, -0.25) is 0 Å². The molecule has 186 valence electrons. The summed E-state index contributed by atoms with van der Waals surface area (Å²) in [6.07, 6.45) is 11.9. The summed E-state index contributed by atoms with van der Waals surface area (Å²) in [7, 11) is 0. The minimum atomic E-state index is -0.643. The molecule has 3 spiro atoms. The third kappa shape index (κ3) is 2.57. The van der Waals surface area contributed by atoms with Crippen molar-refractivity contribution >= 4 is 0 Å². The van der Waals surface area contributed by atoms with Gasteiger partial charge < -0.3 is 24.1 Å². The van der Waals surface area contributed by atoms with Gasteiger partial charge in [0, 0.05) is 24.7 Å². The summed E-state index contributed by atoms with van der Waals surface area (Å²) in [6.45, 7) is 10.1.